The van der Waals surface area contributed by atoms with Gasteiger partial charge in [-0.25, -0.2) is 9.55 Å². The Morgan fingerprint density at radius 1 is 1.24 bits per heavy atom. The first-order valence-electron chi connectivity index (χ1n) is 7.56. The minimum atomic E-state index is -4.28. The van der Waals surface area contributed by atoms with E-state index in [0.29, 0.717) is 18.7 Å². The first kappa shape index (κ1) is 18.1. The van der Waals surface area contributed by atoms with Gasteiger partial charge >= 0.3 is 0 Å². The normalized spacial score (nSPS) is 12.0. The summed E-state index contributed by atoms with van der Waals surface area (Å²) in [6.07, 6.45) is 0.348. The molecule has 0 aliphatic heterocycles. The molecule has 0 spiro atoms. The number of nitrogens with one attached hydrogen (secondary N) is 1. The summed E-state index contributed by atoms with van der Waals surface area (Å²) in [5.74, 6) is 0.930. The lowest BCUT2D eigenvalue weighted by molar-refractivity contribution is -0.712. The van der Waals surface area contributed by atoms with Crippen molar-refractivity contribution in [1.29, 1.82) is 0 Å². The quantitative estimate of drug-likeness (QED) is 0.486. The van der Waals surface area contributed by atoms with Crippen LogP contribution >= 0.6 is 15.9 Å². The number of H-pyrrole nitrogens is 1. The summed E-state index contributed by atoms with van der Waals surface area (Å²) in [4.78, 5) is 3.26. The number of rotatable bonds is 5. The Labute approximate surface area is 154 Å². The van der Waals surface area contributed by atoms with Crippen LogP contribution in [0.15, 0.2) is 45.8 Å². The van der Waals surface area contributed by atoms with Crippen LogP contribution in [0.25, 0.3) is 11.0 Å². The van der Waals surface area contributed by atoms with E-state index in [9.17, 15) is 13.0 Å². The molecule has 0 aliphatic carbocycles. The van der Waals surface area contributed by atoms with E-state index in [-0.39, 0.29) is 4.90 Å². The third-order valence-electron chi connectivity index (χ3n) is 4.11. The van der Waals surface area contributed by atoms with Gasteiger partial charge in [0.15, 0.2) is 17.8 Å². The first-order valence-corrected chi connectivity index (χ1v) is 9.80. The number of methoxy groups -OCH3 is 1. The van der Waals surface area contributed by atoms with Crippen LogP contribution in [0.2, 0.25) is 0 Å². The topological polar surface area (TPSA) is 83.3 Å². The molecular formula is C17H18BrN2O4S+. The second-order valence-corrected chi connectivity index (χ2v) is 7.98. The van der Waals surface area contributed by atoms with Crippen LogP contribution in [0.4, 0.5) is 0 Å². The van der Waals surface area contributed by atoms with E-state index in [1.807, 2.05) is 23.6 Å². The van der Waals surface area contributed by atoms with Crippen LogP contribution in [0.3, 0.4) is 0 Å². The molecule has 0 amide bonds. The SMILES string of the molecule is COC[n+]1c(C)[nH]c2c(Cc3ccccc3S(=O)(=O)O)c(Br)ccc21. The molecular weight excluding hydrogens is 408 g/mol. The van der Waals surface area contributed by atoms with Gasteiger partial charge in [0.25, 0.3) is 15.9 Å². The smallest absolute Gasteiger partial charge is 0.294 e. The molecule has 0 saturated heterocycles. The maximum atomic E-state index is 11.7. The van der Waals surface area contributed by atoms with Gasteiger partial charge in [-0.2, -0.15) is 8.42 Å². The van der Waals surface area contributed by atoms with Crippen molar-refractivity contribution in [3.05, 3.63) is 57.8 Å². The molecule has 0 fully saturated rings. The predicted molar refractivity (Wildman–Crippen MR) is 97.0 cm³/mol. The zero-order chi connectivity index (χ0) is 18.2. The Kier molecular flexibility index (Phi) is 4.97. The van der Waals surface area contributed by atoms with Crippen molar-refractivity contribution >= 4 is 37.1 Å². The highest BCUT2D eigenvalue weighted by atomic mass is 79.9. The summed E-state index contributed by atoms with van der Waals surface area (Å²) in [5, 5.41) is 0. The fraction of sp³-hybridized carbons (Fsp3) is 0.235. The maximum Gasteiger partial charge on any atom is 0.294 e. The predicted octanol–water partition coefficient (Wildman–Crippen LogP) is 2.97. The van der Waals surface area contributed by atoms with Gasteiger partial charge in [-0.15, -0.1) is 0 Å². The summed E-state index contributed by atoms with van der Waals surface area (Å²) in [6, 6.07) is 10.3. The third-order valence-corrected chi connectivity index (χ3v) is 5.81. The van der Waals surface area contributed by atoms with Crippen LogP contribution in [0, 0.1) is 6.92 Å². The van der Waals surface area contributed by atoms with Crippen molar-refractivity contribution in [3.8, 4) is 0 Å². The van der Waals surface area contributed by atoms with Crippen molar-refractivity contribution in [2.24, 2.45) is 0 Å². The van der Waals surface area contributed by atoms with Gasteiger partial charge in [0.05, 0.1) is 4.90 Å². The molecule has 0 saturated carbocycles. The average molecular weight is 426 g/mol. The van der Waals surface area contributed by atoms with Crippen LogP contribution < -0.4 is 4.57 Å². The fourth-order valence-corrected chi connectivity index (χ4v) is 4.16. The number of aromatic amines is 1. The number of aryl methyl sites for hydroxylation is 1. The van der Waals surface area contributed by atoms with Crippen molar-refractivity contribution < 1.29 is 22.3 Å². The first-order chi connectivity index (χ1) is 11.8. The summed E-state index contributed by atoms with van der Waals surface area (Å²) < 4.78 is 40.9. The molecule has 2 N–H and O–H groups in total. The molecule has 0 atom stereocenters. The van der Waals surface area contributed by atoms with Crippen LogP contribution in [-0.4, -0.2) is 25.1 Å². The molecule has 1 aromatic heterocycles. The molecule has 3 aromatic rings. The molecule has 0 radical (unpaired) electrons. The van der Waals surface area contributed by atoms with E-state index in [1.165, 1.54) is 6.07 Å². The van der Waals surface area contributed by atoms with E-state index in [2.05, 4.69) is 20.9 Å². The number of hydrogen-bond acceptors (Lipinski definition) is 3. The van der Waals surface area contributed by atoms with E-state index < -0.39 is 10.1 Å². The number of benzene rings is 2. The second kappa shape index (κ2) is 6.87. The highest BCUT2D eigenvalue weighted by Crippen LogP contribution is 2.29. The summed E-state index contributed by atoms with van der Waals surface area (Å²) in [5.41, 5.74) is 3.30. The molecule has 8 heteroatoms. The molecule has 0 unspecified atom stereocenters. The Morgan fingerprint density at radius 3 is 2.64 bits per heavy atom. The third kappa shape index (κ3) is 3.48. The van der Waals surface area contributed by atoms with Crippen molar-refractivity contribution in [3.63, 3.8) is 0 Å². The average Bonchev–Trinajstić information content (AvgIpc) is 2.86. The summed E-state index contributed by atoms with van der Waals surface area (Å²) in [7, 11) is -2.65. The van der Waals surface area contributed by atoms with E-state index in [1.54, 1.807) is 25.3 Å². The zero-order valence-corrected chi connectivity index (χ0v) is 16.2. The van der Waals surface area contributed by atoms with Crippen LogP contribution in [0.5, 0.6) is 0 Å². The lowest BCUT2D eigenvalue weighted by Crippen LogP contribution is -2.36. The molecule has 6 nitrogen and oxygen atoms in total. The number of fused-ring (bicyclic) bond motifs is 1. The van der Waals surface area contributed by atoms with Gasteiger partial charge in [0.1, 0.15) is 0 Å². The summed E-state index contributed by atoms with van der Waals surface area (Å²) >= 11 is 3.55. The lowest BCUT2D eigenvalue weighted by atomic mass is 10.0. The number of halogens is 1. The Hall–Kier alpha value is -1.74. The standard InChI is InChI=1S/C17H17BrN2O4S/c1-11-19-17-13(14(18)7-8-15(17)20(11)10-24-2)9-12-5-3-4-6-16(12)25(21,22)23/h3-8H,9-10H2,1-2H3,(H,21,22,23)/p+1. The van der Waals surface area contributed by atoms with Crippen molar-refractivity contribution in [2.45, 2.75) is 25.0 Å². The number of ether oxygens (including phenoxy) is 1. The number of aromatic nitrogens is 2. The van der Waals surface area contributed by atoms with E-state index in [0.717, 1.165) is 26.9 Å². The Bertz CT molecular complexity index is 1040. The van der Waals surface area contributed by atoms with Crippen molar-refractivity contribution in [2.75, 3.05) is 7.11 Å². The molecule has 3 rings (SSSR count). The van der Waals surface area contributed by atoms with Gasteiger partial charge in [0, 0.05) is 30.5 Å². The Morgan fingerprint density at radius 2 is 1.96 bits per heavy atom. The fourth-order valence-electron chi connectivity index (χ4n) is 2.96. The van der Waals surface area contributed by atoms with Gasteiger partial charge in [-0.3, -0.25) is 4.55 Å². The maximum absolute atomic E-state index is 11.7. The van der Waals surface area contributed by atoms with Gasteiger partial charge in [-0.1, -0.05) is 34.1 Å². The highest BCUT2D eigenvalue weighted by Gasteiger charge is 2.22. The molecule has 25 heavy (non-hydrogen) atoms. The molecule has 2 aromatic carbocycles. The van der Waals surface area contributed by atoms with Crippen LogP contribution in [0.1, 0.15) is 17.0 Å². The summed E-state index contributed by atoms with van der Waals surface area (Å²) in [6.45, 7) is 2.36. The minimum absolute atomic E-state index is 0.0769. The van der Waals surface area contributed by atoms with E-state index >= 15 is 0 Å². The van der Waals surface area contributed by atoms with E-state index in [4.69, 9.17) is 4.74 Å². The molecule has 0 aliphatic rings. The number of nitrogens with zero attached hydrogens (tertiary/aromatic N) is 1. The van der Waals surface area contributed by atoms with Crippen LogP contribution in [-0.2, 0) is 28.0 Å². The van der Waals surface area contributed by atoms with Gasteiger partial charge in [0.2, 0.25) is 0 Å². The lowest BCUT2D eigenvalue weighted by Gasteiger charge is -2.08. The number of hydrogen-bond donors (Lipinski definition) is 2. The molecule has 0 bridgehead atoms. The molecule has 132 valence electrons. The Balaban J connectivity index is 2.18. The zero-order valence-electron chi connectivity index (χ0n) is 13.8. The minimum Gasteiger partial charge on any atom is -0.345 e. The number of imidazole rings is 1. The van der Waals surface area contributed by atoms with Gasteiger partial charge in [-0.05, 0) is 23.8 Å². The largest absolute Gasteiger partial charge is 0.345 e. The second-order valence-electron chi connectivity index (χ2n) is 5.74. The highest BCUT2D eigenvalue weighted by molar-refractivity contribution is 9.10. The van der Waals surface area contributed by atoms with Gasteiger partial charge < -0.3 is 4.74 Å². The molecule has 1 heterocycles. The monoisotopic (exact) mass is 425 g/mol. The van der Waals surface area contributed by atoms with Crippen molar-refractivity contribution in [1.82, 2.24) is 4.98 Å².